The summed E-state index contributed by atoms with van der Waals surface area (Å²) in [6, 6.07) is 14.2. The molecule has 1 aromatic heterocycles. The molecule has 0 unspecified atom stereocenters. The van der Waals surface area contributed by atoms with Gasteiger partial charge in [-0.15, -0.1) is 0 Å². The molecule has 10 heteroatoms. The molecule has 0 radical (unpaired) electrons. The largest absolute Gasteiger partial charge is 0.457 e. The summed E-state index contributed by atoms with van der Waals surface area (Å²) in [6.45, 7) is 0. The van der Waals surface area contributed by atoms with Gasteiger partial charge in [0.2, 0.25) is 0 Å². The predicted octanol–water partition coefficient (Wildman–Crippen LogP) is 6.47. The first-order valence-corrected chi connectivity index (χ1v) is 9.75. The van der Waals surface area contributed by atoms with Crippen LogP contribution in [0.15, 0.2) is 63.0 Å². The summed E-state index contributed by atoms with van der Waals surface area (Å²) in [5.74, 6) is -0.205. The number of nitriles is 1. The minimum Gasteiger partial charge on any atom is -0.457 e. The molecular weight excluding hydrogens is 497 g/mol. The topological polar surface area (TPSA) is 109 Å². The Labute approximate surface area is 188 Å². The van der Waals surface area contributed by atoms with Crippen LogP contribution in [-0.4, -0.2) is 10.8 Å². The molecule has 0 fully saturated rings. The van der Waals surface area contributed by atoms with Gasteiger partial charge in [0.1, 0.15) is 28.2 Å². The summed E-state index contributed by atoms with van der Waals surface area (Å²) in [6.07, 6.45) is 1.26. The lowest BCUT2D eigenvalue weighted by Crippen LogP contribution is -2.13. The average Bonchev–Trinajstić information content (AvgIpc) is 3.14. The van der Waals surface area contributed by atoms with E-state index in [1.807, 2.05) is 6.07 Å². The van der Waals surface area contributed by atoms with E-state index in [0.29, 0.717) is 5.69 Å². The molecule has 3 rings (SSSR count). The predicted molar refractivity (Wildman–Crippen MR) is 117 cm³/mol. The first kappa shape index (κ1) is 21.6. The molecule has 2 aromatic carbocycles. The number of carbonyl (C=O) groups is 1. The number of hydrogen-bond acceptors (Lipinski definition) is 5. The van der Waals surface area contributed by atoms with Crippen LogP contribution in [-0.2, 0) is 4.79 Å². The van der Waals surface area contributed by atoms with Gasteiger partial charge in [-0.1, -0.05) is 45.2 Å². The average molecular weight is 507 g/mol. The minimum atomic E-state index is -0.633. The van der Waals surface area contributed by atoms with Crippen LogP contribution < -0.4 is 5.32 Å². The van der Waals surface area contributed by atoms with E-state index in [4.69, 9.17) is 27.6 Å². The van der Waals surface area contributed by atoms with Gasteiger partial charge >= 0.3 is 0 Å². The molecule has 0 atom stereocenters. The van der Waals surface area contributed by atoms with E-state index < -0.39 is 10.8 Å². The number of furan rings is 1. The van der Waals surface area contributed by atoms with E-state index >= 15 is 0 Å². The number of halogens is 3. The molecule has 30 heavy (non-hydrogen) atoms. The van der Waals surface area contributed by atoms with E-state index in [1.54, 1.807) is 24.3 Å². The summed E-state index contributed by atoms with van der Waals surface area (Å²) in [4.78, 5) is 22.9. The third-order valence-corrected chi connectivity index (χ3v) is 4.97. The molecule has 0 aliphatic heterocycles. The molecule has 1 amide bonds. The van der Waals surface area contributed by atoms with E-state index in [-0.39, 0.29) is 38.4 Å². The van der Waals surface area contributed by atoms with Crippen molar-refractivity contribution in [1.82, 2.24) is 0 Å². The Morgan fingerprint density at radius 1 is 1.20 bits per heavy atom. The molecule has 0 aliphatic carbocycles. The highest BCUT2D eigenvalue weighted by Gasteiger charge is 2.19. The van der Waals surface area contributed by atoms with E-state index in [0.717, 1.165) is 4.47 Å². The highest BCUT2D eigenvalue weighted by Crippen LogP contribution is 2.37. The van der Waals surface area contributed by atoms with Gasteiger partial charge in [-0.05, 0) is 36.4 Å². The van der Waals surface area contributed by atoms with Crippen molar-refractivity contribution in [1.29, 1.82) is 5.26 Å². The van der Waals surface area contributed by atoms with Crippen molar-refractivity contribution in [2.75, 3.05) is 5.32 Å². The number of rotatable bonds is 5. The van der Waals surface area contributed by atoms with Crippen LogP contribution >= 0.6 is 39.1 Å². The Morgan fingerprint density at radius 2 is 1.97 bits per heavy atom. The van der Waals surface area contributed by atoms with Crippen LogP contribution in [0.1, 0.15) is 5.76 Å². The second kappa shape index (κ2) is 9.13. The third kappa shape index (κ3) is 4.89. The number of hydrogen-bond donors (Lipinski definition) is 1. The summed E-state index contributed by atoms with van der Waals surface area (Å²) in [5.41, 5.74) is 0.250. The minimum absolute atomic E-state index is 0.101. The molecule has 0 aliphatic rings. The number of nitrogens with one attached hydrogen (secondary N) is 1. The second-order valence-corrected chi connectivity index (χ2v) is 7.61. The Morgan fingerprint density at radius 3 is 2.63 bits per heavy atom. The molecular formula is C20H10BrCl2N3O4. The van der Waals surface area contributed by atoms with Crippen LogP contribution in [0.4, 0.5) is 11.4 Å². The SMILES string of the molecule is N#C/C(=C/c1ccc(-c2cc([N+](=O)[O-])c(Cl)cc2Cl)o1)C(=O)Nc1cccc(Br)c1. The maximum absolute atomic E-state index is 12.4. The fraction of sp³-hybridized carbons (Fsp3) is 0. The molecule has 0 spiro atoms. The first-order valence-electron chi connectivity index (χ1n) is 8.21. The molecule has 7 nitrogen and oxygen atoms in total. The van der Waals surface area contributed by atoms with Gasteiger partial charge in [0.25, 0.3) is 11.6 Å². The van der Waals surface area contributed by atoms with Gasteiger partial charge in [0, 0.05) is 27.9 Å². The smallest absolute Gasteiger partial charge is 0.288 e. The summed E-state index contributed by atoms with van der Waals surface area (Å²) < 4.78 is 6.38. The van der Waals surface area contributed by atoms with Gasteiger partial charge in [-0.3, -0.25) is 14.9 Å². The van der Waals surface area contributed by atoms with Crippen LogP contribution in [0, 0.1) is 21.4 Å². The number of nitrogens with zero attached hydrogens (tertiary/aromatic N) is 2. The highest BCUT2D eigenvalue weighted by atomic mass is 79.9. The second-order valence-electron chi connectivity index (χ2n) is 5.88. The van der Waals surface area contributed by atoms with Gasteiger partial charge in [-0.2, -0.15) is 5.26 Å². The molecule has 1 heterocycles. The summed E-state index contributed by atoms with van der Waals surface area (Å²) >= 11 is 15.3. The zero-order valence-corrected chi connectivity index (χ0v) is 18.0. The van der Waals surface area contributed by atoms with E-state index in [9.17, 15) is 20.2 Å². The van der Waals surface area contributed by atoms with Crippen LogP contribution in [0.25, 0.3) is 17.4 Å². The lowest BCUT2D eigenvalue weighted by Gasteiger charge is -2.04. The lowest BCUT2D eigenvalue weighted by atomic mass is 10.1. The van der Waals surface area contributed by atoms with Gasteiger partial charge < -0.3 is 9.73 Å². The third-order valence-electron chi connectivity index (χ3n) is 3.86. The highest BCUT2D eigenvalue weighted by molar-refractivity contribution is 9.10. The molecule has 150 valence electrons. The standard InChI is InChI=1S/C20H10BrCl2N3O4/c21-12-2-1-3-13(7-12)25-20(27)11(10-24)6-14-4-5-19(30-14)15-8-18(26(28)29)17(23)9-16(15)22/h1-9H,(H,25,27)/b11-6-. The Kier molecular flexibility index (Phi) is 6.57. The molecule has 0 saturated carbocycles. The van der Waals surface area contributed by atoms with Crippen molar-refractivity contribution in [2.24, 2.45) is 0 Å². The summed E-state index contributed by atoms with van der Waals surface area (Å²) in [7, 11) is 0. The maximum Gasteiger partial charge on any atom is 0.288 e. The fourth-order valence-electron chi connectivity index (χ4n) is 2.50. The van der Waals surface area contributed by atoms with Crippen molar-refractivity contribution >= 4 is 62.5 Å². The van der Waals surface area contributed by atoms with E-state index in [1.165, 1.54) is 30.3 Å². The van der Waals surface area contributed by atoms with Gasteiger partial charge in [-0.25, -0.2) is 0 Å². The van der Waals surface area contributed by atoms with Crippen LogP contribution in [0.5, 0.6) is 0 Å². The lowest BCUT2D eigenvalue weighted by molar-refractivity contribution is -0.384. The maximum atomic E-state index is 12.4. The van der Waals surface area contributed by atoms with E-state index in [2.05, 4.69) is 21.2 Å². The fourth-order valence-corrected chi connectivity index (χ4v) is 3.44. The van der Waals surface area contributed by atoms with Gasteiger partial charge in [0.05, 0.1) is 9.95 Å². The Balaban J connectivity index is 1.89. The van der Waals surface area contributed by atoms with Crippen LogP contribution in [0.3, 0.4) is 0 Å². The normalized spacial score (nSPS) is 11.1. The van der Waals surface area contributed by atoms with Crippen molar-refractivity contribution in [2.45, 2.75) is 0 Å². The number of amides is 1. The number of benzene rings is 2. The molecule has 1 N–H and O–H groups in total. The number of nitro benzene ring substituents is 1. The zero-order chi connectivity index (χ0) is 21.8. The number of anilines is 1. The quantitative estimate of drug-likeness (QED) is 0.184. The van der Waals surface area contributed by atoms with Crippen molar-refractivity contribution in [3.8, 4) is 17.4 Å². The van der Waals surface area contributed by atoms with Crippen molar-refractivity contribution in [3.05, 3.63) is 84.5 Å². The Bertz CT molecular complexity index is 1230. The number of nitro groups is 1. The molecule has 3 aromatic rings. The Hall–Kier alpha value is -3.12. The van der Waals surface area contributed by atoms with Gasteiger partial charge in [0.15, 0.2) is 0 Å². The first-order chi connectivity index (χ1) is 14.3. The van der Waals surface area contributed by atoms with Crippen molar-refractivity contribution in [3.63, 3.8) is 0 Å². The zero-order valence-electron chi connectivity index (χ0n) is 14.9. The summed E-state index contributed by atoms with van der Waals surface area (Å²) in [5, 5.41) is 23.1. The monoisotopic (exact) mass is 505 g/mol. The van der Waals surface area contributed by atoms with Crippen molar-refractivity contribution < 1.29 is 14.1 Å². The number of carbonyl (C=O) groups excluding carboxylic acids is 1. The van der Waals surface area contributed by atoms with Crippen LogP contribution in [0.2, 0.25) is 10.0 Å². The molecule has 0 saturated heterocycles. The molecule has 0 bridgehead atoms.